The van der Waals surface area contributed by atoms with Gasteiger partial charge in [-0.2, -0.15) is 0 Å². The van der Waals surface area contributed by atoms with Crippen molar-refractivity contribution in [3.05, 3.63) is 70.3 Å². The lowest BCUT2D eigenvalue weighted by Gasteiger charge is -2.35. The maximum atomic E-state index is 6.12. The highest BCUT2D eigenvalue weighted by Gasteiger charge is 2.31. The van der Waals surface area contributed by atoms with E-state index in [1.54, 1.807) is 0 Å². The average Bonchev–Trinajstić information content (AvgIpc) is 2.58. The molecule has 0 saturated heterocycles. The molecular weight excluding hydrogens is 370 g/mol. The first-order valence-electron chi connectivity index (χ1n) is 10.6. The van der Waals surface area contributed by atoms with Gasteiger partial charge >= 0.3 is 0 Å². The molecule has 0 aliphatic rings. The van der Waals surface area contributed by atoms with Crippen LogP contribution in [0.4, 0.5) is 0 Å². The third kappa shape index (κ3) is 5.69. The van der Waals surface area contributed by atoms with E-state index >= 15 is 0 Å². The summed E-state index contributed by atoms with van der Waals surface area (Å²) in [5.74, 6) is 0. The Morgan fingerprint density at radius 2 is 1.21 bits per heavy atom. The lowest BCUT2D eigenvalue weighted by molar-refractivity contribution is 0.501. The Balaban J connectivity index is 2.68. The molecule has 0 N–H and O–H groups in total. The number of rotatable bonds is 3. The van der Waals surface area contributed by atoms with Gasteiger partial charge in [0, 0.05) is 19.2 Å². The first kappa shape index (κ1) is 23.6. The molecule has 0 unspecified atom stereocenters. The summed E-state index contributed by atoms with van der Waals surface area (Å²) in [4.78, 5) is 3.16. The van der Waals surface area contributed by atoms with E-state index in [4.69, 9.17) is 12.2 Å². The zero-order valence-corrected chi connectivity index (χ0v) is 20.9. The van der Waals surface area contributed by atoms with E-state index in [0.29, 0.717) is 0 Å². The van der Waals surface area contributed by atoms with Gasteiger partial charge in [-0.1, -0.05) is 117 Å². The lowest BCUT2D eigenvalue weighted by atomic mass is 9.72. The van der Waals surface area contributed by atoms with Crippen LogP contribution in [-0.4, -0.2) is 16.9 Å². The Morgan fingerprint density at radius 1 is 0.759 bits per heavy atom. The van der Waals surface area contributed by atoms with Crippen LogP contribution in [0.2, 0.25) is 0 Å². The van der Waals surface area contributed by atoms with Crippen molar-refractivity contribution in [1.29, 1.82) is 0 Å². The number of hydrogen-bond acceptors (Lipinski definition) is 1. The van der Waals surface area contributed by atoms with Crippen LogP contribution in [0.5, 0.6) is 0 Å². The third-order valence-corrected chi connectivity index (χ3v) is 5.96. The second-order valence-electron chi connectivity index (χ2n) is 11.3. The molecule has 0 bridgehead atoms. The monoisotopic (exact) mass is 409 g/mol. The van der Waals surface area contributed by atoms with Crippen LogP contribution >= 0.6 is 12.2 Å². The van der Waals surface area contributed by atoms with E-state index in [-0.39, 0.29) is 16.2 Å². The standard InChI is InChI=1S/C27H39NS/c1-25(2,3)20-16-21(26(4,5)6)23(22(17-20)27(7,8)9)24(29)28(10)18-19-14-12-11-13-15-19/h11-17H,18H2,1-10H3. The van der Waals surface area contributed by atoms with Gasteiger partial charge < -0.3 is 4.90 Å². The molecule has 0 fully saturated rings. The minimum atomic E-state index is 0.00817. The highest BCUT2D eigenvalue weighted by atomic mass is 32.1. The molecule has 2 aromatic rings. The molecular formula is C27H39NS. The fourth-order valence-corrected chi connectivity index (χ4v) is 3.89. The Hall–Kier alpha value is -1.67. The van der Waals surface area contributed by atoms with E-state index in [0.717, 1.165) is 11.5 Å². The van der Waals surface area contributed by atoms with Crippen LogP contribution in [0, 0.1) is 0 Å². The van der Waals surface area contributed by atoms with Crippen molar-refractivity contribution >= 4 is 17.2 Å². The fourth-order valence-electron chi connectivity index (χ4n) is 3.61. The normalized spacial score (nSPS) is 12.8. The second kappa shape index (κ2) is 8.22. The minimum Gasteiger partial charge on any atom is -0.361 e. The van der Waals surface area contributed by atoms with Crippen LogP contribution < -0.4 is 0 Å². The smallest absolute Gasteiger partial charge is 0.109 e. The number of nitrogens with zero attached hydrogens (tertiary/aromatic N) is 1. The Kier molecular flexibility index (Phi) is 6.69. The molecule has 0 spiro atoms. The summed E-state index contributed by atoms with van der Waals surface area (Å²) >= 11 is 6.12. The summed E-state index contributed by atoms with van der Waals surface area (Å²) in [5, 5.41) is 0. The van der Waals surface area contributed by atoms with Gasteiger partial charge in [0.1, 0.15) is 4.99 Å². The lowest BCUT2D eigenvalue weighted by Crippen LogP contribution is -2.32. The van der Waals surface area contributed by atoms with Gasteiger partial charge in [-0.25, -0.2) is 0 Å². The van der Waals surface area contributed by atoms with E-state index in [2.05, 4.69) is 117 Å². The van der Waals surface area contributed by atoms with E-state index in [1.165, 1.54) is 27.8 Å². The van der Waals surface area contributed by atoms with Gasteiger partial charge in [0.15, 0.2) is 0 Å². The molecule has 0 aliphatic heterocycles. The van der Waals surface area contributed by atoms with Crippen molar-refractivity contribution in [1.82, 2.24) is 4.90 Å². The molecule has 2 aromatic carbocycles. The predicted molar refractivity (Wildman–Crippen MR) is 132 cm³/mol. The third-order valence-electron chi connectivity index (χ3n) is 5.44. The zero-order chi connectivity index (χ0) is 22.2. The summed E-state index contributed by atoms with van der Waals surface area (Å²) in [6.45, 7) is 21.5. The maximum absolute atomic E-state index is 6.12. The fraction of sp³-hybridized carbons (Fsp3) is 0.519. The summed E-state index contributed by atoms with van der Waals surface area (Å²) in [6, 6.07) is 15.4. The quantitative estimate of drug-likeness (QED) is 0.486. The molecule has 0 radical (unpaired) electrons. The van der Waals surface area contributed by atoms with Crippen LogP contribution in [0.25, 0.3) is 0 Å². The topological polar surface area (TPSA) is 3.24 Å². The molecule has 2 heteroatoms. The maximum Gasteiger partial charge on any atom is 0.109 e. The first-order chi connectivity index (χ1) is 13.1. The van der Waals surface area contributed by atoms with Gasteiger partial charge in [0.25, 0.3) is 0 Å². The van der Waals surface area contributed by atoms with Crippen molar-refractivity contribution in [2.45, 2.75) is 85.1 Å². The molecule has 29 heavy (non-hydrogen) atoms. The number of benzene rings is 2. The average molecular weight is 410 g/mol. The van der Waals surface area contributed by atoms with Crippen LogP contribution in [-0.2, 0) is 22.8 Å². The van der Waals surface area contributed by atoms with Gasteiger partial charge in [-0.05, 0) is 38.5 Å². The van der Waals surface area contributed by atoms with Gasteiger partial charge in [-0.15, -0.1) is 0 Å². The van der Waals surface area contributed by atoms with Crippen molar-refractivity contribution < 1.29 is 0 Å². The predicted octanol–water partition coefficient (Wildman–Crippen LogP) is 7.39. The molecule has 0 atom stereocenters. The van der Waals surface area contributed by atoms with E-state index < -0.39 is 0 Å². The summed E-state index contributed by atoms with van der Waals surface area (Å²) in [7, 11) is 2.12. The van der Waals surface area contributed by atoms with Crippen LogP contribution in [0.3, 0.4) is 0 Å². The van der Waals surface area contributed by atoms with Gasteiger partial charge in [0.05, 0.1) is 0 Å². The number of thiocarbonyl (C=S) groups is 1. The highest BCUT2D eigenvalue weighted by molar-refractivity contribution is 7.80. The zero-order valence-electron chi connectivity index (χ0n) is 20.1. The Morgan fingerprint density at radius 3 is 1.59 bits per heavy atom. The summed E-state index contributed by atoms with van der Waals surface area (Å²) in [5.41, 5.74) is 6.70. The highest BCUT2D eigenvalue weighted by Crippen LogP contribution is 2.39. The van der Waals surface area contributed by atoms with Crippen molar-refractivity contribution in [2.75, 3.05) is 7.05 Å². The van der Waals surface area contributed by atoms with Gasteiger partial charge in [0.2, 0.25) is 0 Å². The molecule has 2 rings (SSSR count). The second-order valence-corrected chi connectivity index (χ2v) is 11.7. The number of hydrogen-bond donors (Lipinski definition) is 0. The Bertz CT molecular complexity index is 823. The van der Waals surface area contributed by atoms with Crippen LogP contribution in [0.1, 0.15) is 90.1 Å². The molecule has 158 valence electrons. The largest absolute Gasteiger partial charge is 0.361 e. The summed E-state index contributed by atoms with van der Waals surface area (Å²) < 4.78 is 0. The Labute approximate surface area is 184 Å². The molecule has 0 aliphatic carbocycles. The molecule has 1 nitrogen and oxygen atoms in total. The molecule has 0 aromatic heterocycles. The minimum absolute atomic E-state index is 0.00817. The van der Waals surface area contributed by atoms with Crippen LogP contribution in [0.15, 0.2) is 42.5 Å². The van der Waals surface area contributed by atoms with E-state index in [1.807, 2.05) is 0 Å². The van der Waals surface area contributed by atoms with E-state index in [9.17, 15) is 0 Å². The van der Waals surface area contributed by atoms with Crippen molar-refractivity contribution in [2.24, 2.45) is 0 Å². The SMILES string of the molecule is CN(Cc1ccccc1)C(=S)c1c(C(C)(C)C)cc(C(C)(C)C)cc1C(C)(C)C. The van der Waals surface area contributed by atoms with Gasteiger partial charge in [-0.3, -0.25) is 0 Å². The van der Waals surface area contributed by atoms with Crippen molar-refractivity contribution in [3.63, 3.8) is 0 Å². The summed E-state index contributed by atoms with van der Waals surface area (Å²) in [6.07, 6.45) is 0. The molecule has 0 saturated carbocycles. The molecule has 0 heterocycles. The molecule has 0 amide bonds. The van der Waals surface area contributed by atoms with Crippen molar-refractivity contribution in [3.8, 4) is 0 Å². The first-order valence-corrected chi connectivity index (χ1v) is 11.0.